The predicted octanol–water partition coefficient (Wildman–Crippen LogP) is 4.40. The van der Waals surface area contributed by atoms with Crippen LogP contribution in [0.4, 0.5) is 0 Å². The SMILES string of the molecule is CCCOc1ccc(C=NCCSCc2ccccc2C#N)c(O)c1. The third kappa shape index (κ3) is 6.17. The molecule has 25 heavy (non-hydrogen) atoms. The molecule has 0 aliphatic heterocycles. The summed E-state index contributed by atoms with van der Waals surface area (Å²) < 4.78 is 5.48. The van der Waals surface area contributed by atoms with Gasteiger partial charge in [-0.05, 0) is 30.2 Å². The van der Waals surface area contributed by atoms with E-state index in [4.69, 9.17) is 10.00 Å². The molecule has 0 bridgehead atoms. The number of aromatic hydroxyl groups is 1. The van der Waals surface area contributed by atoms with Gasteiger partial charge in [-0.25, -0.2) is 0 Å². The molecule has 0 amide bonds. The van der Waals surface area contributed by atoms with Crippen molar-refractivity contribution in [2.45, 2.75) is 19.1 Å². The Bertz CT molecular complexity index is 754. The largest absolute Gasteiger partial charge is 0.507 e. The minimum absolute atomic E-state index is 0.174. The van der Waals surface area contributed by atoms with Gasteiger partial charge in [-0.1, -0.05) is 25.1 Å². The monoisotopic (exact) mass is 354 g/mol. The number of hydrogen-bond acceptors (Lipinski definition) is 5. The van der Waals surface area contributed by atoms with Crippen molar-refractivity contribution in [2.24, 2.45) is 4.99 Å². The van der Waals surface area contributed by atoms with E-state index in [1.54, 1.807) is 30.1 Å². The van der Waals surface area contributed by atoms with E-state index in [9.17, 15) is 5.11 Å². The van der Waals surface area contributed by atoms with Gasteiger partial charge in [-0.15, -0.1) is 0 Å². The Labute approximate surface area is 153 Å². The molecule has 0 aliphatic rings. The van der Waals surface area contributed by atoms with Crippen LogP contribution in [0.25, 0.3) is 0 Å². The normalized spacial score (nSPS) is 10.7. The van der Waals surface area contributed by atoms with Crippen LogP contribution in [0, 0.1) is 11.3 Å². The minimum Gasteiger partial charge on any atom is -0.507 e. The minimum atomic E-state index is 0.174. The van der Waals surface area contributed by atoms with Gasteiger partial charge >= 0.3 is 0 Å². The highest BCUT2D eigenvalue weighted by molar-refractivity contribution is 7.98. The molecule has 0 unspecified atom stereocenters. The maximum atomic E-state index is 9.99. The number of rotatable bonds is 9. The van der Waals surface area contributed by atoms with Crippen LogP contribution in [-0.2, 0) is 5.75 Å². The third-order valence-corrected chi connectivity index (χ3v) is 4.45. The Kier molecular flexibility index (Phi) is 7.87. The van der Waals surface area contributed by atoms with Gasteiger partial charge in [0, 0.05) is 35.9 Å². The zero-order chi connectivity index (χ0) is 17.9. The van der Waals surface area contributed by atoms with E-state index in [0.29, 0.717) is 24.5 Å². The third-order valence-electron chi connectivity index (χ3n) is 3.47. The molecule has 1 N–H and O–H groups in total. The molecule has 130 valence electrons. The van der Waals surface area contributed by atoms with E-state index in [0.717, 1.165) is 29.1 Å². The second kappa shape index (κ2) is 10.4. The van der Waals surface area contributed by atoms with E-state index >= 15 is 0 Å². The average Bonchev–Trinajstić information content (AvgIpc) is 2.64. The molecule has 0 atom stereocenters. The molecule has 0 spiro atoms. The van der Waals surface area contributed by atoms with Crippen molar-refractivity contribution in [3.63, 3.8) is 0 Å². The number of hydrogen-bond donors (Lipinski definition) is 1. The molecule has 0 radical (unpaired) electrons. The Morgan fingerprint density at radius 1 is 1.28 bits per heavy atom. The van der Waals surface area contributed by atoms with Crippen molar-refractivity contribution < 1.29 is 9.84 Å². The summed E-state index contributed by atoms with van der Waals surface area (Å²) in [7, 11) is 0. The molecule has 2 rings (SSSR count). The van der Waals surface area contributed by atoms with E-state index in [-0.39, 0.29) is 5.75 Å². The highest BCUT2D eigenvalue weighted by Gasteiger charge is 2.02. The average molecular weight is 354 g/mol. The molecule has 0 heterocycles. The Balaban J connectivity index is 1.77. The van der Waals surface area contributed by atoms with Gasteiger partial charge in [0.1, 0.15) is 11.5 Å². The van der Waals surface area contributed by atoms with Crippen LogP contribution < -0.4 is 4.74 Å². The lowest BCUT2D eigenvalue weighted by Gasteiger charge is -2.06. The Hall–Kier alpha value is -2.45. The van der Waals surface area contributed by atoms with E-state index < -0.39 is 0 Å². The van der Waals surface area contributed by atoms with Crippen molar-refractivity contribution in [3.05, 3.63) is 59.2 Å². The zero-order valence-corrected chi connectivity index (χ0v) is 15.1. The van der Waals surface area contributed by atoms with E-state index in [1.807, 2.05) is 37.3 Å². The quantitative estimate of drug-likeness (QED) is 0.535. The van der Waals surface area contributed by atoms with Crippen LogP contribution in [0.3, 0.4) is 0 Å². The van der Waals surface area contributed by atoms with Crippen molar-refractivity contribution in [3.8, 4) is 17.6 Å². The first-order valence-corrected chi connectivity index (χ1v) is 9.41. The molecule has 0 aliphatic carbocycles. The van der Waals surface area contributed by atoms with Crippen molar-refractivity contribution in [2.75, 3.05) is 18.9 Å². The molecule has 2 aromatic carbocycles. The van der Waals surface area contributed by atoms with Gasteiger partial charge < -0.3 is 9.84 Å². The standard InChI is InChI=1S/C20H22N2O2S/c1-2-10-24-19-8-7-17(20(23)12-19)14-22-9-11-25-15-18-6-4-3-5-16(18)13-21/h3-8,12,14,23H,2,9-11,15H2,1H3. The molecule has 2 aromatic rings. The van der Waals surface area contributed by atoms with Crippen molar-refractivity contribution in [1.29, 1.82) is 5.26 Å². The first kappa shape index (κ1) is 18.9. The summed E-state index contributed by atoms with van der Waals surface area (Å²) in [6.07, 6.45) is 2.61. The fourth-order valence-corrected chi connectivity index (χ4v) is 3.01. The highest BCUT2D eigenvalue weighted by atomic mass is 32.2. The smallest absolute Gasteiger partial charge is 0.128 e. The van der Waals surface area contributed by atoms with Crippen molar-refractivity contribution >= 4 is 18.0 Å². The highest BCUT2D eigenvalue weighted by Crippen LogP contribution is 2.22. The van der Waals surface area contributed by atoms with Gasteiger partial charge in [0.05, 0.1) is 18.2 Å². The first-order valence-electron chi connectivity index (χ1n) is 8.26. The summed E-state index contributed by atoms with van der Waals surface area (Å²) in [6.45, 7) is 3.34. The molecule has 0 aromatic heterocycles. The lowest BCUT2D eigenvalue weighted by Crippen LogP contribution is -1.95. The number of nitriles is 1. The van der Waals surface area contributed by atoms with Crippen molar-refractivity contribution in [1.82, 2.24) is 0 Å². The lowest BCUT2D eigenvalue weighted by molar-refractivity contribution is 0.315. The molecule has 0 saturated carbocycles. The van der Waals surface area contributed by atoms with Gasteiger partial charge in [-0.2, -0.15) is 17.0 Å². The number of ether oxygens (including phenoxy) is 1. The summed E-state index contributed by atoms with van der Waals surface area (Å²) in [5.41, 5.74) is 2.47. The second-order valence-corrected chi connectivity index (χ2v) is 6.53. The topological polar surface area (TPSA) is 65.6 Å². The number of phenolic OH excluding ortho intramolecular Hbond substituents is 1. The number of phenols is 1. The molecule has 5 heteroatoms. The predicted molar refractivity (Wildman–Crippen MR) is 104 cm³/mol. The van der Waals surface area contributed by atoms with Crippen LogP contribution in [-0.4, -0.2) is 30.2 Å². The van der Waals surface area contributed by atoms with Gasteiger partial charge in [-0.3, -0.25) is 4.99 Å². The summed E-state index contributed by atoms with van der Waals surface area (Å²) in [6, 6.07) is 15.1. The second-order valence-electron chi connectivity index (χ2n) is 5.43. The maximum absolute atomic E-state index is 9.99. The number of thioether (sulfide) groups is 1. The Morgan fingerprint density at radius 3 is 2.88 bits per heavy atom. The molecule has 0 fully saturated rings. The van der Waals surface area contributed by atoms with Gasteiger partial charge in [0.15, 0.2) is 0 Å². The fraction of sp³-hybridized carbons (Fsp3) is 0.300. The molecular weight excluding hydrogens is 332 g/mol. The van der Waals surface area contributed by atoms with Crippen LogP contribution in [0.2, 0.25) is 0 Å². The molecular formula is C20H22N2O2S. The molecule has 0 saturated heterocycles. The fourth-order valence-electron chi connectivity index (χ4n) is 2.16. The number of benzene rings is 2. The van der Waals surface area contributed by atoms with E-state index in [2.05, 4.69) is 11.1 Å². The van der Waals surface area contributed by atoms with Crippen LogP contribution in [0.1, 0.15) is 30.0 Å². The maximum Gasteiger partial charge on any atom is 0.128 e. The number of nitrogens with zero attached hydrogens (tertiary/aromatic N) is 2. The van der Waals surface area contributed by atoms with Crippen LogP contribution >= 0.6 is 11.8 Å². The summed E-state index contributed by atoms with van der Waals surface area (Å²) in [5, 5.41) is 19.1. The van der Waals surface area contributed by atoms with Crippen LogP contribution in [0.5, 0.6) is 11.5 Å². The van der Waals surface area contributed by atoms with Gasteiger partial charge in [0.25, 0.3) is 0 Å². The summed E-state index contributed by atoms with van der Waals surface area (Å²) in [4.78, 5) is 4.36. The summed E-state index contributed by atoms with van der Waals surface area (Å²) in [5.74, 6) is 2.50. The van der Waals surface area contributed by atoms with Gasteiger partial charge in [0.2, 0.25) is 0 Å². The number of aliphatic imine (C=N–C) groups is 1. The summed E-state index contributed by atoms with van der Waals surface area (Å²) >= 11 is 1.74. The Morgan fingerprint density at radius 2 is 2.12 bits per heavy atom. The first-order chi connectivity index (χ1) is 12.2. The molecule has 4 nitrogen and oxygen atoms in total. The lowest BCUT2D eigenvalue weighted by atomic mass is 10.1. The van der Waals surface area contributed by atoms with Crippen LogP contribution in [0.15, 0.2) is 47.5 Å². The zero-order valence-electron chi connectivity index (χ0n) is 14.3. The van der Waals surface area contributed by atoms with E-state index in [1.165, 1.54) is 0 Å².